The molecule has 0 bridgehead atoms. The van der Waals surface area contributed by atoms with E-state index in [1.165, 1.54) is 148 Å². The molecular formula is C43H85NO5. The number of hydrogen-bond acceptors (Lipinski definition) is 5. The molecule has 0 aliphatic rings. The van der Waals surface area contributed by atoms with Gasteiger partial charge >= 0.3 is 5.97 Å². The Morgan fingerprint density at radius 2 is 0.857 bits per heavy atom. The minimum absolute atomic E-state index is 0.0849. The van der Waals surface area contributed by atoms with Crippen LogP contribution in [0, 0.1) is 0 Å². The van der Waals surface area contributed by atoms with E-state index in [0.29, 0.717) is 19.3 Å². The highest BCUT2D eigenvalue weighted by atomic mass is 16.5. The SMILES string of the molecule is CCCCCCCCCCCCCCCCC(=O)OC(CCCCCCCCC)CC(=O)NC(CO)C(O)CCCCCCCCCCC. The summed E-state index contributed by atoms with van der Waals surface area (Å²) in [5.74, 6) is -0.466. The minimum atomic E-state index is -0.775. The topological polar surface area (TPSA) is 95.9 Å². The number of amides is 1. The molecule has 3 unspecified atom stereocenters. The van der Waals surface area contributed by atoms with Gasteiger partial charge in [0.15, 0.2) is 0 Å². The largest absolute Gasteiger partial charge is 0.462 e. The fourth-order valence-electron chi connectivity index (χ4n) is 6.84. The molecule has 1 amide bonds. The molecule has 0 aliphatic heterocycles. The van der Waals surface area contributed by atoms with Gasteiger partial charge in [0.25, 0.3) is 0 Å². The second-order valence-electron chi connectivity index (χ2n) is 15.1. The first-order valence-electron chi connectivity index (χ1n) is 21.8. The average molecular weight is 696 g/mol. The maximum Gasteiger partial charge on any atom is 0.306 e. The van der Waals surface area contributed by atoms with Crippen LogP contribution in [-0.4, -0.2) is 46.9 Å². The van der Waals surface area contributed by atoms with E-state index in [1.54, 1.807) is 0 Å². The highest BCUT2D eigenvalue weighted by Crippen LogP contribution is 2.18. The van der Waals surface area contributed by atoms with E-state index in [4.69, 9.17) is 4.74 Å². The zero-order valence-corrected chi connectivity index (χ0v) is 33.1. The molecule has 6 heteroatoms. The predicted molar refractivity (Wildman–Crippen MR) is 209 cm³/mol. The Hall–Kier alpha value is -1.14. The lowest BCUT2D eigenvalue weighted by Gasteiger charge is -2.24. The third-order valence-corrected chi connectivity index (χ3v) is 10.2. The number of carbonyl (C=O) groups is 2. The van der Waals surface area contributed by atoms with Gasteiger partial charge in [-0.15, -0.1) is 0 Å². The van der Waals surface area contributed by atoms with Crippen LogP contribution in [0.1, 0.15) is 239 Å². The molecule has 0 saturated carbocycles. The van der Waals surface area contributed by atoms with Gasteiger partial charge in [0.1, 0.15) is 6.10 Å². The van der Waals surface area contributed by atoms with Crippen molar-refractivity contribution >= 4 is 11.9 Å². The molecule has 3 N–H and O–H groups in total. The second-order valence-corrected chi connectivity index (χ2v) is 15.1. The summed E-state index contributed by atoms with van der Waals surface area (Å²) in [4.78, 5) is 25.8. The van der Waals surface area contributed by atoms with Gasteiger partial charge in [-0.05, 0) is 25.7 Å². The van der Waals surface area contributed by atoms with Crippen molar-refractivity contribution in [2.75, 3.05) is 6.61 Å². The highest BCUT2D eigenvalue weighted by Gasteiger charge is 2.24. The van der Waals surface area contributed by atoms with Crippen molar-refractivity contribution in [2.45, 2.75) is 257 Å². The summed E-state index contributed by atoms with van der Waals surface area (Å²) in [6, 6.07) is -0.688. The summed E-state index contributed by atoms with van der Waals surface area (Å²) in [6.45, 7) is 6.43. The molecule has 0 radical (unpaired) electrons. The molecule has 6 nitrogen and oxygen atoms in total. The molecule has 0 rings (SSSR count). The summed E-state index contributed by atoms with van der Waals surface area (Å²) < 4.78 is 5.86. The number of ether oxygens (including phenoxy) is 1. The first-order chi connectivity index (χ1) is 24.0. The number of nitrogens with one attached hydrogen (secondary N) is 1. The number of aliphatic hydroxyl groups excluding tert-OH is 2. The van der Waals surface area contributed by atoms with Gasteiger partial charge in [0.05, 0.1) is 25.2 Å². The molecule has 0 aromatic carbocycles. The number of aliphatic hydroxyl groups is 2. The van der Waals surface area contributed by atoms with Crippen LogP contribution in [0.25, 0.3) is 0 Å². The van der Waals surface area contributed by atoms with Crippen molar-refractivity contribution in [2.24, 2.45) is 0 Å². The lowest BCUT2D eigenvalue weighted by molar-refractivity contribution is -0.151. The van der Waals surface area contributed by atoms with Crippen LogP contribution in [0.4, 0.5) is 0 Å². The molecular weight excluding hydrogens is 610 g/mol. The molecule has 0 spiro atoms. The van der Waals surface area contributed by atoms with Gasteiger partial charge in [-0.25, -0.2) is 0 Å². The van der Waals surface area contributed by atoms with E-state index in [1.807, 2.05) is 0 Å². The Morgan fingerprint density at radius 3 is 1.24 bits per heavy atom. The van der Waals surface area contributed by atoms with Gasteiger partial charge in [0, 0.05) is 6.42 Å². The first-order valence-corrected chi connectivity index (χ1v) is 21.8. The highest BCUT2D eigenvalue weighted by molar-refractivity contribution is 5.77. The molecule has 0 saturated heterocycles. The maximum atomic E-state index is 13.0. The monoisotopic (exact) mass is 696 g/mol. The van der Waals surface area contributed by atoms with Crippen LogP contribution < -0.4 is 5.32 Å². The van der Waals surface area contributed by atoms with Crippen LogP contribution in [0.5, 0.6) is 0 Å². The third-order valence-electron chi connectivity index (χ3n) is 10.2. The van der Waals surface area contributed by atoms with E-state index >= 15 is 0 Å². The Labute approximate surface area is 305 Å². The van der Waals surface area contributed by atoms with E-state index in [9.17, 15) is 19.8 Å². The number of hydrogen-bond donors (Lipinski definition) is 3. The van der Waals surface area contributed by atoms with Crippen molar-refractivity contribution in [3.8, 4) is 0 Å². The van der Waals surface area contributed by atoms with Crippen LogP contribution >= 0.6 is 0 Å². The quantitative estimate of drug-likeness (QED) is 0.0439. The molecule has 49 heavy (non-hydrogen) atoms. The van der Waals surface area contributed by atoms with Crippen molar-refractivity contribution in [3.05, 3.63) is 0 Å². The summed E-state index contributed by atoms with van der Waals surface area (Å²) in [5, 5.41) is 23.5. The van der Waals surface area contributed by atoms with Crippen molar-refractivity contribution in [3.63, 3.8) is 0 Å². The van der Waals surface area contributed by atoms with E-state index in [2.05, 4.69) is 26.1 Å². The normalized spacial score (nSPS) is 13.3. The molecule has 0 aromatic rings. The summed E-state index contributed by atoms with van der Waals surface area (Å²) in [7, 11) is 0. The maximum absolute atomic E-state index is 13.0. The fourth-order valence-corrected chi connectivity index (χ4v) is 6.84. The summed E-state index contributed by atoms with van der Waals surface area (Å²) in [6.07, 6.45) is 37.4. The molecule has 0 fully saturated rings. The second kappa shape index (κ2) is 38.1. The van der Waals surface area contributed by atoms with Crippen molar-refractivity contribution < 1.29 is 24.5 Å². The van der Waals surface area contributed by atoms with Gasteiger partial charge in [-0.1, -0.05) is 201 Å². The van der Waals surface area contributed by atoms with Crippen LogP contribution in [0.15, 0.2) is 0 Å². The van der Waals surface area contributed by atoms with Crippen molar-refractivity contribution in [1.82, 2.24) is 5.32 Å². The van der Waals surface area contributed by atoms with E-state index in [-0.39, 0.29) is 24.9 Å². The Kier molecular flexibility index (Phi) is 37.2. The molecule has 0 aromatic heterocycles. The Bertz CT molecular complexity index is 702. The first kappa shape index (κ1) is 47.9. The lowest BCUT2D eigenvalue weighted by atomic mass is 10.0. The Morgan fingerprint density at radius 1 is 0.510 bits per heavy atom. The number of rotatable bonds is 39. The molecule has 3 atom stereocenters. The van der Waals surface area contributed by atoms with Crippen LogP contribution in [0.3, 0.4) is 0 Å². The smallest absolute Gasteiger partial charge is 0.306 e. The lowest BCUT2D eigenvalue weighted by Crippen LogP contribution is -2.46. The van der Waals surface area contributed by atoms with Crippen LogP contribution in [-0.2, 0) is 14.3 Å². The predicted octanol–water partition coefficient (Wildman–Crippen LogP) is 12.1. The number of unbranched alkanes of at least 4 members (excludes halogenated alkanes) is 27. The minimum Gasteiger partial charge on any atom is -0.462 e. The van der Waals surface area contributed by atoms with Crippen LogP contribution in [0.2, 0.25) is 0 Å². The van der Waals surface area contributed by atoms with Crippen molar-refractivity contribution in [1.29, 1.82) is 0 Å². The fraction of sp³-hybridized carbons (Fsp3) is 0.953. The van der Waals surface area contributed by atoms with Gasteiger partial charge in [-0.3, -0.25) is 9.59 Å². The average Bonchev–Trinajstić information content (AvgIpc) is 3.09. The Balaban J connectivity index is 4.42. The molecule has 0 heterocycles. The van der Waals surface area contributed by atoms with Gasteiger partial charge < -0.3 is 20.3 Å². The number of esters is 1. The van der Waals surface area contributed by atoms with E-state index in [0.717, 1.165) is 44.9 Å². The standard InChI is InChI=1S/C43H85NO5/c1-4-7-10-13-16-18-19-20-21-22-24-27-30-33-36-43(48)49-39(34-31-28-25-15-12-9-6-3)37-42(47)44-40(38-45)41(46)35-32-29-26-23-17-14-11-8-5-2/h39-41,45-46H,4-38H2,1-3H3,(H,44,47). The third kappa shape index (κ3) is 33.7. The summed E-state index contributed by atoms with van der Waals surface area (Å²) in [5.41, 5.74) is 0. The van der Waals surface area contributed by atoms with Gasteiger partial charge in [-0.2, -0.15) is 0 Å². The van der Waals surface area contributed by atoms with E-state index < -0.39 is 18.2 Å². The zero-order valence-electron chi connectivity index (χ0n) is 33.1. The van der Waals surface area contributed by atoms with Gasteiger partial charge in [0.2, 0.25) is 5.91 Å². The summed E-state index contributed by atoms with van der Waals surface area (Å²) >= 11 is 0. The molecule has 0 aliphatic carbocycles. The zero-order chi connectivity index (χ0) is 36.0. The number of carbonyl (C=O) groups excluding carboxylic acids is 2. The molecule has 292 valence electrons.